The zero-order valence-corrected chi connectivity index (χ0v) is 12.2. The summed E-state index contributed by atoms with van der Waals surface area (Å²) in [6, 6.07) is 0. The van der Waals surface area contributed by atoms with Gasteiger partial charge in [-0.15, -0.1) is 0 Å². The van der Waals surface area contributed by atoms with Gasteiger partial charge in [0.25, 0.3) is 5.91 Å². The lowest BCUT2D eigenvalue weighted by Gasteiger charge is -2.49. The third-order valence-corrected chi connectivity index (χ3v) is 4.17. The van der Waals surface area contributed by atoms with Crippen LogP contribution in [-0.4, -0.2) is 58.7 Å². The monoisotopic (exact) mass is 265 g/mol. The van der Waals surface area contributed by atoms with Crippen LogP contribution in [0, 0.1) is 0 Å². The predicted molar refractivity (Wildman–Crippen MR) is 74.8 cm³/mol. The van der Waals surface area contributed by atoms with E-state index in [0.29, 0.717) is 11.4 Å². The molecule has 2 N–H and O–H groups in total. The van der Waals surface area contributed by atoms with Gasteiger partial charge in [-0.2, -0.15) is 5.10 Å². The minimum atomic E-state index is -0.105. The molecule has 2 rings (SSSR count). The van der Waals surface area contributed by atoms with Gasteiger partial charge in [-0.3, -0.25) is 9.48 Å². The summed E-state index contributed by atoms with van der Waals surface area (Å²) < 4.78 is 1.57. The zero-order chi connectivity index (χ0) is 14.2. The molecule has 0 spiro atoms. The smallest absolute Gasteiger partial charge is 0.276 e. The predicted octanol–water partition coefficient (Wildman–Crippen LogP) is 0.559. The van der Waals surface area contributed by atoms with Gasteiger partial charge in [0.2, 0.25) is 0 Å². The van der Waals surface area contributed by atoms with Crippen LogP contribution in [0.25, 0.3) is 0 Å². The van der Waals surface area contributed by atoms with Crippen molar-refractivity contribution in [3.8, 4) is 0 Å². The molecule has 0 saturated heterocycles. The van der Waals surface area contributed by atoms with E-state index < -0.39 is 0 Å². The Labute approximate surface area is 114 Å². The van der Waals surface area contributed by atoms with Crippen molar-refractivity contribution >= 4 is 11.6 Å². The zero-order valence-electron chi connectivity index (χ0n) is 12.2. The molecule has 6 nitrogen and oxygen atoms in total. The number of amides is 1. The van der Waals surface area contributed by atoms with E-state index in [0.717, 1.165) is 19.4 Å². The summed E-state index contributed by atoms with van der Waals surface area (Å²) in [6.07, 6.45) is 5.16. The third-order valence-electron chi connectivity index (χ3n) is 4.17. The van der Waals surface area contributed by atoms with E-state index in [1.807, 2.05) is 7.05 Å². The normalized spacial score (nSPS) is 17.3. The summed E-state index contributed by atoms with van der Waals surface area (Å²) in [4.78, 5) is 16.3. The number of carbonyl (C=O) groups is 1. The molecule has 0 atom stereocenters. The second kappa shape index (κ2) is 4.85. The van der Waals surface area contributed by atoms with Crippen molar-refractivity contribution in [1.29, 1.82) is 0 Å². The highest BCUT2D eigenvalue weighted by Crippen LogP contribution is 2.36. The van der Waals surface area contributed by atoms with Crippen molar-refractivity contribution in [2.45, 2.75) is 24.8 Å². The molecular weight excluding hydrogens is 242 g/mol. The minimum Gasteiger partial charge on any atom is -0.396 e. The number of anilines is 1. The summed E-state index contributed by atoms with van der Waals surface area (Å²) in [5.74, 6) is -0.105. The van der Waals surface area contributed by atoms with E-state index in [2.05, 4.69) is 24.1 Å². The fraction of sp³-hybridized carbons (Fsp3) is 0.692. The van der Waals surface area contributed by atoms with Crippen LogP contribution < -0.4 is 5.73 Å². The number of nitrogen functional groups attached to an aromatic ring is 1. The fourth-order valence-corrected chi connectivity index (χ4v) is 2.70. The van der Waals surface area contributed by atoms with E-state index >= 15 is 0 Å². The Balaban J connectivity index is 2.10. The maximum atomic E-state index is 12.4. The summed E-state index contributed by atoms with van der Waals surface area (Å²) in [7, 11) is 7.74. The molecule has 1 saturated carbocycles. The standard InChI is InChI=1S/C13H23N5O/c1-16(2)13(6-5-7-13)9-17(3)12(19)11-10(14)8-18(4)15-11/h8H,5-7,9,14H2,1-4H3. The van der Waals surface area contributed by atoms with Crippen molar-refractivity contribution in [1.82, 2.24) is 19.6 Å². The molecule has 0 bridgehead atoms. The average Bonchev–Trinajstić information content (AvgIpc) is 2.61. The van der Waals surface area contributed by atoms with Crippen LogP contribution in [0.1, 0.15) is 29.8 Å². The number of aryl methyl sites for hydroxylation is 1. The van der Waals surface area contributed by atoms with Gasteiger partial charge in [0.1, 0.15) is 0 Å². The Bertz CT molecular complexity index is 475. The number of hydrogen-bond acceptors (Lipinski definition) is 4. The molecule has 0 unspecified atom stereocenters. The molecule has 1 fully saturated rings. The van der Waals surface area contributed by atoms with Crippen LogP contribution in [0.3, 0.4) is 0 Å². The van der Waals surface area contributed by atoms with E-state index in [4.69, 9.17) is 5.73 Å². The lowest BCUT2D eigenvalue weighted by atomic mass is 9.75. The molecule has 1 aliphatic rings. The summed E-state index contributed by atoms with van der Waals surface area (Å²) in [5.41, 5.74) is 6.71. The molecule has 106 valence electrons. The first-order valence-corrected chi connectivity index (χ1v) is 6.58. The maximum Gasteiger partial charge on any atom is 0.276 e. The van der Waals surface area contributed by atoms with Crippen LogP contribution >= 0.6 is 0 Å². The first-order chi connectivity index (χ1) is 8.85. The quantitative estimate of drug-likeness (QED) is 0.863. The Kier molecular flexibility index (Phi) is 3.54. The Morgan fingerprint density at radius 3 is 2.47 bits per heavy atom. The molecule has 1 amide bonds. The highest BCUT2D eigenvalue weighted by molar-refractivity contribution is 5.96. The van der Waals surface area contributed by atoms with Gasteiger partial charge in [-0.05, 0) is 33.4 Å². The lowest BCUT2D eigenvalue weighted by Crippen LogP contribution is -2.57. The molecule has 0 aromatic carbocycles. The van der Waals surface area contributed by atoms with Gasteiger partial charge < -0.3 is 15.5 Å². The fourth-order valence-electron chi connectivity index (χ4n) is 2.70. The number of nitrogens with zero attached hydrogens (tertiary/aromatic N) is 4. The molecule has 0 aliphatic heterocycles. The highest BCUT2D eigenvalue weighted by atomic mass is 16.2. The molecule has 6 heteroatoms. The molecular formula is C13H23N5O. The van der Waals surface area contributed by atoms with Crippen molar-refractivity contribution in [3.63, 3.8) is 0 Å². The molecule has 19 heavy (non-hydrogen) atoms. The Hall–Kier alpha value is -1.56. The van der Waals surface area contributed by atoms with Gasteiger partial charge in [-0.25, -0.2) is 0 Å². The molecule has 1 heterocycles. The van der Waals surface area contributed by atoms with Crippen molar-refractivity contribution in [3.05, 3.63) is 11.9 Å². The van der Waals surface area contributed by atoms with Crippen LogP contribution in [0.2, 0.25) is 0 Å². The number of likely N-dealkylation sites (N-methyl/N-ethyl adjacent to an activating group) is 2. The van der Waals surface area contributed by atoms with Gasteiger partial charge in [-0.1, -0.05) is 0 Å². The van der Waals surface area contributed by atoms with Gasteiger partial charge >= 0.3 is 0 Å². The second-order valence-electron chi connectivity index (χ2n) is 5.74. The Morgan fingerprint density at radius 1 is 1.47 bits per heavy atom. The highest BCUT2D eigenvalue weighted by Gasteiger charge is 2.41. The maximum absolute atomic E-state index is 12.4. The second-order valence-corrected chi connectivity index (χ2v) is 5.74. The van der Waals surface area contributed by atoms with Gasteiger partial charge in [0, 0.05) is 32.4 Å². The number of carbonyl (C=O) groups excluding carboxylic acids is 1. The van der Waals surface area contributed by atoms with E-state index in [9.17, 15) is 4.79 Å². The average molecular weight is 265 g/mol. The minimum absolute atomic E-state index is 0.105. The largest absolute Gasteiger partial charge is 0.396 e. The van der Waals surface area contributed by atoms with E-state index in [1.165, 1.54) is 6.42 Å². The van der Waals surface area contributed by atoms with Crippen LogP contribution in [-0.2, 0) is 7.05 Å². The molecule has 1 aromatic heterocycles. The van der Waals surface area contributed by atoms with Crippen molar-refractivity contribution in [2.24, 2.45) is 7.05 Å². The van der Waals surface area contributed by atoms with Crippen LogP contribution in [0.15, 0.2) is 6.20 Å². The van der Waals surface area contributed by atoms with E-state index in [1.54, 1.807) is 22.8 Å². The van der Waals surface area contributed by atoms with Gasteiger partial charge in [0.15, 0.2) is 5.69 Å². The number of nitrogens with two attached hydrogens (primary N) is 1. The first kappa shape index (κ1) is 13.9. The molecule has 0 radical (unpaired) electrons. The number of aromatic nitrogens is 2. The summed E-state index contributed by atoms with van der Waals surface area (Å²) >= 11 is 0. The summed E-state index contributed by atoms with van der Waals surface area (Å²) in [5, 5.41) is 4.14. The van der Waals surface area contributed by atoms with Crippen LogP contribution in [0.4, 0.5) is 5.69 Å². The summed E-state index contributed by atoms with van der Waals surface area (Å²) in [6.45, 7) is 0.717. The Morgan fingerprint density at radius 2 is 2.11 bits per heavy atom. The number of hydrogen-bond donors (Lipinski definition) is 1. The first-order valence-electron chi connectivity index (χ1n) is 6.58. The molecule has 1 aliphatic carbocycles. The lowest BCUT2D eigenvalue weighted by molar-refractivity contribution is 0.0250. The van der Waals surface area contributed by atoms with E-state index in [-0.39, 0.29) is 11.4 Å². The number of rotatable bonds is 4. The third kappa shape index (κ3) is 2.45. The van der Waals surface area contributed by atoms with Crippen molar-refractivity contribution in [2.75, 3.05) is 33.4 Å². The van der Waals surface area contributed by atoms with Gasteiger partial charge in [0.05, 0.1) is 5.69 Å². The topological polar surface area (TPSA) is 67.4 Å². The van der Waals surface area contributed by atoms with Crippen molar-refractivity contribution < 1.29 is 4.79 Å². The SMILES string of the molecule is CN(CC1(N(C)C)CCC1)C(=O)c1nn(C)cc1N. The molecule has 1 aromatic rings. The van der Waals surface area contributed by atoms with Crippen LogP contribution in [0.5, 0.6) is 0 Å².